The molecule has 1 rings (SSSR count). The number of hydrogen-bond donors (Lipinski definition) is 1. The van der Waals surface area contributed by atoms with Gasteiger partial charge in [0.15, 0.2) is 0 Å². The summed E-state index contributed by atoms with van der Waals surface area (Å²) in [5.41, 5.74) is 2.24. The second-order valence-electron chi connectivity index (χ2n) is 3.08. The fourth-order valence-electron chi connectivity index (χ4n) is 1.17. The lowest BCUT2D eigenvalue weighted by atomic mass is 10.3. The van der Waals surface area contributed by atoms with Crippen LogP contribution in [0.3, 0.4) is 0 Å². The third-order valence-corrected chi connectivity index (χ3v) is 1.86. The molecule has 0 radical (unpaired) electrons. The zero-order chi connectivity index (χ0) is 8.97. The zero-order valence-corrected chi connectivity index (χ0v) is 9.32. The van der Waals surface area contributed by atoms with E-state index < -0.39 is 0 Å². The highest BCUT2D eigenvalue weighted by atomic mass is 35.5. The van der Waals surface area contributed by atoms with Gasteiger partial charge >= 0.3 is 0 Å². The molecule has 0 unspecified atom stereocenters. The third kappa shape index (κ3) is 3.68. The summed E-state index contributed by atoms with van der Waals surface area (Å²) in [6.45, 7) is 5.26. The average molecular weight is 204 g/mol. The van der Waals surface area contributed by atoms with Gasteiger partial charge in [0.25, 0.3) is 0 Å². The molecule has 0 saturated carbocycles. The van der Waals surface area contributed by atoms with Gasteiger partial charge in [0.1, 0.15) is 0 Å². The molecule has 0 atom stereocenters. The van der Waals surface area contributed by atoms with Crippen molar-refractivity contribution in [1.29, 1.82) is 0 Å². The first-order valence-electron chi connectivity index (χ1n) is 4.48. The lowest BCUT2D eigenvalue weighted by Crippen LogP contribution is -2.00. The number of hydrogen-bond acceptors (Lipinski definition) is 2. The first-order chi connectivity index (χ1) is 5.74. The van der Waals surface area contributed by atoms with Crippen molar-refractivity contribution in [3.63, 3.8) is 0 Å². The molecule has 76 valence electrons. The van der Waals surface area contributed by atoms with Gasteiger partial charge < -0.3 is 5.32 Å². The van der Waals surface area contributed by atoms with E-state index in [0.29, 0.717) is 0 Å². The molecule has 0 aliphatic rings. The Hall–Kier alpha value is -0.700. The van der Waals surface area contributed by atoms with E-state index in [9.17, 15) is 0 Å². The summed E-state index contributed by atoms with van der Waals surface area (Å²) in [6.07, 6.45) is 4.46. The topological polar surface area (TPSA) is 29.9 Å². The third-order valence-electron chi connectivity index (χ3n) is 1.86. The van der Waals surface area contributed by atoms with E-state index in [0.717, 1.165) is 17.9 Å². The Morgan fingerprint density at radius 1 is 1.54 bits per heavy atom. The second-order valence-corrected chi connectivity index (χ2v) is 3.08. The van der Waals surface area contributed by atoms with Gasteiger partial charge in [-0.25, -0.2) is 0 Å². The minimum Gasteiger partial charge on any atom is -0.382 e. The van der Waals surface area contributed by atoms with Crippen molar-refractivity contribution in [1.82, 2.24) is 9.78 Å². The lowest BCUT2D eigenvalue weighted by molar-refractivity contribution is 0.756. The molecular weight excluding hydrogens is 186 g/mol. The predicted octanol–water partition coefficient (Wildman–Crippen LogP) is 2.36. The lowest BCUT2D eigenvalue weighted by Gasteiger charge is -2.01. The van der Waals surface area contributed by atoms with Crippen molar-refractivity contribution in [2.75, 3.05) is 11.9 Å². The van der Waals surface area contributed by atoms with Crippen LogP contribution in [-0.2, 0) is 7.05 Å². The highest BCUT2D eigenvalue weighted by Gasteiger charge is 1.99. The molecule has 0 aliphatic heterocycles. The molecule has 1 N–H and O–H groups in total. The van der Waals surface area contributed by atoms with E-state index >= 15 is 0 Å². The smallest absolute Gasteiger partial charge is 0.0824 e. The van der Waals surface area contributed by atoms with Crippen LogP contribution in [0.1, 0.15) is 25.5 Å². The van der Waals surface area contributed by atoms with E-state index in [1.807, 2.05) is 24.9 Å². The van der Waals surface area contributed by atoms with Gasteiger partial charge in [-0.3, -0.25) is 4.68 Å². The second kappa shape index (κ2) is 5.86. The quantitative estimate of drug-likeness (QED) is 0.762. The molecule has 1 aromatic rings. The van der Waals surface area contributed by atoms with Crippen LogP contribution in [0.5, 0.6) is 0 Å². The Labute approximate surface area is 85.9 Å². The number of nitrogens with one attached hydrogen (secondary N) is 1. The Kier molecular flexibility index (Phi) is 5.55. The van der Waals surface area contributed by atoms with Gasteiger partial charge in [-0.15, -0.1) is 12.4 Å². The highest BCUT2D eigenvalue weighted by Crippen LogP contribution is 2.10. The van der Waals surface area contributed by atoms with Crippen LogP contribution in [-0.4, -0.2) is 16.3 Å². The Morgan fingerprint density at radius 3 is 2.69 bits per heavy atom. The van der Waals surface area contributed by atoms with Crippen molar-refractivity contribution >= 4 is 18.1 Å². The molecule has 1 heterocycles. The minimum absolute atomic E-state index is 0. The van der Waals surface area contributed by atoms with Gasteiger partial charge in [0.05, 0.1) is 11.4 Å². The fraction of sp³-hybridized carbons (Fsp3) is 0.667. The number of rotatable bonds is 4. The molecule has 0 aromatic carbocycles. The summed E-state index contributed by atoms with van der Waals surface area (Å²) < 4.78 is 1.84. The Bertz CT molecular complexity index is 245. The maximum atomic E-state index is 4.24. The summed E-state index contributed by atoms with van der Waals surface area (Å²) in [4.78, 5) is 0. The number of unbranched alkanes of at least 4 members (excludes halogenated alkanes) is 1. The first-order valence-corrected chi connectivity index (χ1v) is 4.48. The largest absolute Gasteiger partial charge is 0.382 e. The van der Waals surface area contributed by atoms with Gasteiger partial charge in [-0.1, -0.05) is 13.3 Å². The summed E-state index contributed by atoms with van der Waals surface area (Å²) in [5.74, 6) is 0. The standard InChI is InChI=1S/C9H17N3.ClH/c1-4-5-6-10-9-7-12(3)11-8(9)2;/h7,10H,4-6H2,1-3H3;1H. The molecule has 0 spiro atoms. The molecule has 4 heteroatoms. The normalized spacial score (nSPS) is 9.46. The van der Waals surface area contributed by atoms with Gasteiger partial charge in [0, 0.05) is 19.8 Å². The molecule has 1 aromatic heterocycles. The van der Waals surface area contributed by atoms with Crippen molar-refractivity contribution in [3.8, 4) is 0 Å². The van der Waals surface area contributed by atoms with E-state index in [1.165, 1.54) is 12.8 Å². The predicted molar refractivity (Wildman–Crippen MR) is 58.6 cm³/mol. The van der Waals surface area contributed by atoms with E-state index in [1.54, 1.807) is 0 Å². The van der Waals surface area contributed by atoms with Gasteiger partial charge in [0.2, 0.25) is 0 Å². The monoisotopic (exact) mass is 203 g/mol. The summed E-state index contributed by atoms with van der Waals surface area (Å²) >= 11 is 0. The molecule has 3 nitrogen and oxygen atoms in total. The SMILES string of the molecule is CCCCNc1cn(C)nc1C.Cl. The molecule has 13 heavy (non-hydrogen) atoms. The van der Waals surface area contributed by atoms with Crippen molar-refractivity contribution in [2.45, 2.75) is 26.7 Å². The molecule has 0 fully saturated rings. The van der Waals surface area contributed by atoms with Crippen molar-refractivity contribution in [3.05, 3.63) is 11.9 Å². The van der Waals surface area contributed by atoms with E-state index in [2.05, 4.69) is 17.3 Å². The van der Waals surface area contributed by atoms with Crippen molar-refractivity contribution < 1.29 is 0 Å². The molecule has 0 saturated heterocycles. The Balaban J connectivity index is 0.00000144. The number of aromatic nitrogens is 2. The highest BCUT2D eigenvalue weighted by molar-refractivity contribution is 5.85. The number of halogens is 1. The average Bonchev–Trinajstić information content (AvgIpc) is 2.31. The minimum atomic E-state index is 0. The van der Waals surface area contributed by atoms with Crippen molar-refractivity contribution in [2.24, 2.45) is 7.05 Å². The van der Waals surface area contributed by atoms with Crippen LogP contribution in [0.4, 0.5) is 5.69 Å². The maximum absolute atomic E-state index is 4.24. The fourth-order valence-corrected chi connectivity index (χ4v) is 1.17. The van der Waals surface area contributed by atoms with Gasteiger partial charge in [-0.05, 0) is 13.3 Å². The number of anilines is 1. The Morgan fingerprint density at radius 2 is 2.23 bits per heavy atom. The molecule has 0 aliphatic carbocycles. The zero-order valence-electron chi connectivity index (χ0n) is 8.50. The van der Waals surface area contributed by atoms with E-state index in [4.69, 9.17) is 0 Å². The number of nitrogens with zero attached hydrogens (tertiary/aromatic N) is 2. The summed E-state index contributed by atoms with van der Waals surface area (Å²) in [7, 11) is 1.94. The van der Waals surface area contributed by atoms with Gasteiger partial charge in [-0.2, -0.15) is 5.10 Å². The summed E-state index contributed by atoms with van der Waals surface area (Å²) in [6, 6.07) is 0. The van der Waals surface area contributed by atoms with E-state index in [-0.39, 0.29) is 12.4 Å². The molecule has 0 amide bonds. The molecule has 0 bridgehead atoms. The first kappa shape index (κ1) is 12.3. The van der Waals surface area contributed by atoms with Crippen LogP contribution in [0.2, 0.25) is 0 Å². The van der Waals surface area contributed by atoms with Crippen LogP contribution in [0, 0.1) is 6.92 Å². The van der Waals surface area contributed by atoms with Crippen LogP contribution < -0.4 is 5.32 Å². The summed E-state index contributed by atoms with van der Waals surface area (Å²) in [5, 5.41) is 7.60. The maximum Gasteiger partial charge on any atom is 0.0824 e. The van der Waals surface area contributed by atoms with Crippen LogP contribution >= 0.6 is 12.4 Å². The molecular formula is C9H18ClN3. The number of aryl methyl sites for hydroxylation is 2. The van der Waals surface area contributed by atoms with Crippen LogP contribution in [0.25, 0.3) is 0 Å². The van der Waals surface area contributed by atoms with Crippen LogP contribution in [0.15, 0.2) is 6.20 Å².